The summed E-state index contributed by atoms with van der Waals surface area (Å²) in [6.45, 7) is 2.75. The number of nitrogens with zero attached hydrogens (tertiary/aromatic N) is 4. The van der Waals surface area contributed by atoms with Crippen molar-refractivity contribution in [3.05, 3.63) is 59.5 Å². The Bertz CT molecular complexity index is 949. The fraction of sp³-hybridized carbons (Fsp3) is 0.263. The molecule has 1 atom stereocenters. The molecule has 2 heterocycles. The van der Waals surface area contributed by atoms with Crippen LogP contribution in [0, 0.1) is 0 Å². The highest BCUT2D eigenvalue weighted by atomic mass is 35.5. The quantitative estimate of drug-likeness (QED) is 0.423. The number of hydrogen-bond acceptors (Lipinski definition) is 7. The van der Waals surface area contributed by atoms with E-state index in [1.165, 1.54) is 6.20 Å². The predicted molar refractivity (Wildman–Crippen MR) is 111 cm³/mol. The zero-order valence-corrected chi connectivity index (χ0v) is 16.6. The number of benzene rings is 1. The summed E-state index contributed by atoms with van der Waals surface area (Å²) >= 11 is 6.27. The number of aromatic nitrogens is 4. The van der Waals surface area contributed by atoms with E-state index in [9.17, 15) is 4.79 Å². The van der Waals surface area contributed by atoms with Crippen LogP contribution in [0.2, 0.25) is 5.02 Å². The fourth-order valence-electron chi connectivity index (χ4n) is 2.67. The van der Waals surface area contributed by atoms with Crippen molar-refractivity contribution in [2.24, 2.45) is 0 Å². The Morgan fingerprint density at radius 2 is 2.07 bits per heavy atom. The number of anilines is 3. The Hall–Kier alpha value is -3.17. The summed E-state index contributed by atoms with van der Waals surface area (Å²) in [6.07, 6.45) is 4.78. The normalized spacial score (nSPS) is 11.7. The van der Waals surface area contributed by atoms with Gasteiger partial charge in [-0.15, -0.1) is 0 Å². The molecule has 0 unspecified atom stereocenters. The Morgan fingerprint density at radius 1 is 1.28 bits per heavy atom. The lowest BCUT2D eigenvalue weighted by atomic mass is 10.1. The van der Waals surface area contributed by atoms with Gasteiger partial charge in [-0.1, -0.05) is 41.9 Å². The number of halogens is 1. The maximum Gasteiger partial charge on any atom is 0.247 e. The van der Waals surface area contributed by atoms with Crippen molar-refractivity contribution < 1.29 is 9.90 Å². The average Bonchev–Trinajstić information content (AvgIpc) is 3.16. The summed E-state index contributed by atoms with van der Waals surface area (Å²) in [5.74, 6) is 0.434. The van der Waals surface area contributed by atoms with Crippen LogP contribution in [0.5, 0.6) is 0 Å². The van der Waals surface area contributed by atoms with Gasteiger partial charge in [0.2, 0.25) is 11.9 Å². The number of nitrogens with one attached hydrogen (secondary N) is 3. The third-order valence-electron chi connectivity index (χ3n) is 3.99. The molecule has 3 rings (SSSR count). The van der Waals surface area contributed by atoms with E-state index in [4.69, 9.17) is 16.7 Å². The van der Waals surface area contributed by atoms with Crippen LogP contribution in [-0.2, 0) is 11.3 Å². The van der Waals surface area contributed by atoms with E-state index in [2.05, 4.69) is 31.0 Å². The van der Waals surface area contributed by atoms with Crippen LogP contribution < -0.4 is 16.0 Å². The molecule has 3 aromatic rings. The van der Waals surface area contributed by atoms with Crippen LogP contribution >= 0.6 is 11.6 Å². The highest BCUT2D eigenvalue weighted by molar-refractivity contribution is 6.32. The summed E-state index contributed by atoms with van der Waals surface area (Å²) in [5.41, 5.74) is 1.45. The molecule has 1 aromatic carbocycles. The van der Waals surface area contributed by atoms with Gasteiger partial charge in [0.05, 0.1) is 31.2 Å². The first-order chi connectivity index (χ1) is 14.1. The third-order valence-corrected chi connectivity index (χ3v) is 4.27. The minimum Gasteiger partial charge on any atom is -0.394 e. The van der Waals surface area contributed by atoms with Gasteiger partial charge >= 0.3 is 0 Å². The number of aliphatic hydroxyl groups is 1. The molecular formula is C19H22ClN7O2. The molecule has 0 radical (unpaired) electrons. The average molecular weight is 416 g/mol. The first-order valence-electron chi connectivity index (χ1n) is 9.12. The molecule has 1 amide bonds. The highest BCUT2D eigenvalue weighted by Crippen LogP contribution is 2.26. The molecule has 0 spiro atoms. The van der Waals surface area contributed by atoms with Gasteiger partial charge in [0.1, 0.15) is 11.1 Å². The number of hydrogen-bond donors (Lipinski definition) is 4. The van der Waals surface area contributed by atoms with Gasteiger partial charge < -0.3 is 21.1 Å². The molecule has 0 aliphatic rings. The lowest BCUT2D eigenvalue weighted by molar-refractivity contribution is -0.121. The number of carbonyl (C=O) groups is 1. The van der Waals surface area contributed by atoms with E-state index in [0.29, 0.717) is 30.5 Å². The molecule has 0 saturated carbocycles. The molecule has 29 heavy (non-hydrogen) atoms. The minimum absolute atomic E-state index is 0.00662. The van der Waals surface area contributed by atoms with Crippen LogP contribution in [0.15, 0.2) is 48.9 Å². The van der Waals surface area contributed by atoms with Crippen LogP contribution in [0.4, 0.5) is 17.5 Å². The smallest absolute Gasteiger partial charge is 0.247 e. The van der Waals surface area contributed by atoms with E-state index in [-0.39, 0.29) is 17.5 Å². The summed E-state index contributed by atoms with van der Waals surface area (Å²) in [5, 5.41) is 22.4. The maximum atomic E-state index is 12.6. The lowest BCUT2D eigenvalue weighted by Crippen LogP contribution is -2.33. The van der Waals surface area contributed by atoms with Crippen molar-refractivity contribution in [1.29, 1.82) is 0 Å². The maximum absolute atomic E-state index is 12.6. The fourth-order valence-corrected chi connectivity index (χ4v) is 2.81. The Labute approximate surface area is 173 Å². The number of amides is 1. The molecule has 2 aromatic heterocycles. The molecule has 4 N–H and O–H groups in total. The van der Waals surface area contributed by atoms with Gasteiger partial charge in [0.25, 0.3) is 0 Å². The van der Waals surface area contributed by atoms with Crippen LogP contribution in [0.3, 0.4) is 0 Å². The minimum atomic E-state index is -0.663. The van der Waals surface area contributed by atoms with E-state index in [0.717, 1.165) is 5.56 Å². The molecule has 0 fully saturated rings. The monoisotopic (exact) mass is 415 g/mol. The Morgan fingerprint density at radius 3 is 2.79 bits per heavy atom. The van der Waals surface area contributed by atoms with Crippen LogP contribution in [0.25, 0.3) is 0 Å². The second kappa shape index (κ2) is 9.85. The van der Waals surface area contributed by atoms with Crippen molar-refractivity contribution >= 4 is 35.0 Å². The van der Waals surface area contributed by atoms with Gasteiger partial charge in [0.15, 0.2) is 5.82 Å². The zero-order chi connectivity index (χ0) is 20.6. The lowest BCUT2D eigenvalue weighted by Gasteiger charge is -2.20. The highest BCUT2D eigenvalue weighted by Gasteiger charge is 2.22. The molecule has 0 aliphatic heterocycles. The van der Waals surface area contributed by atoms with E-state index >= 15 is 0 Å². The molecule has 0 saturated heterocycles. The summed E-state index contributed by atoms with van der Waals surface area (Å²) < 4.78 is 1.60. The zero-order valence-electron chi connectivity index (χ0n) is 15.8. The Balaban J connectivity index is 1.82. The van der Waals surface area contributed by atoms with Gasteiger partial charge in [-0.3, -0.25) is 9.48 Å². The van der Waals surface area contributed by atoms with Crippen LogP contribution in [0.1, 0.15) is 18.5 Å². The van der Waals surface area contributed by atoms with Crippen molar-refractivity contribution in [3.63, 3.8) is 0 Å². The Kier molecular flexibility index (Phi) is 6.99. The van der Waals surface area contributed by atoms with E-state index < -0.39 is 6.04 Å². The van der Waals surface area contributed by atoms with Gasteiger partial charge in [0, 0.05) is 12.7 Å². The number of carbonyl (C=O) groups excluding carboxylic acids is 1. The molecule has 9 nitrogen and oxygen atoms in total. The largest absolute Gasteiger partial charge is 0.394 e. The number of rotatable bonds is 9. The molecule has 0 bridgehead atoms. The predicted octanol–water partition coefficient (Wildman–Crippen LogP) is 2.35. The first-order valence-corrected chi connectivity index (χ1v) is 9.50. The summed E-state index contributed by atoms with van der Waals surface area (Å²) in [7, 11) is 0. The standard InChI is InChI=1S/C19H22ClN7O2/c1-2-21-18(29)16(13-6-4-3-5-7-13)25-17-15(20)11-22-19(26-17)24-14-10-23-27(12-14)8-9-28/h3-7,10-12,16,28H,2,8-9H2,1H3,(H,21,29)(H2,22,24,25,26)/t16-/m0/s1. The molecule has 0 aliphatic carbocycles. The molecular weight excluding hydrogens is 394 g/mol. The van der Waals surface area contributed by atoms with Gasteiger partial charge in [-0.2, -0.15) is 10.1 Å². The molecule has 10 heteroatoms. The summed E-state index contributed by atoms with van der Waals surface area (Å²) in [4.78, 5) is 21.2. The van der Waals surface area contributed by atoms with Gasteiger partial charge in [-0.05, 0) is 12.5 Å². The SMILES string of the molecule is CCNC(=O)[C@@H](Nc1nc(Nc2cnn(CCO)c2)ncc1Cl)c1ccccc1. The van der Waals surface area contributed by atoms with Crippen LogP contribution in [-0.4, -0.2) is 43.9 Å². The summed E-state index contributed by atoms with van der Waals surface area (Å²) in [6, 6.07) is 8.66. The van der Waals surface area contributed by atoms with E-state index in [1.54, 1.807) is 17.1 Å². The second-order valence-electron chi connectivity index (χ2n) is 6.11. The first kappa shape index (κ1) is 20.6. The van der Waals surface area contributed by atoms with Crippen molar-refractivity contribution in [1.82, 2.24) is 25.1 Å². The van der Waals surface area contributed by atoms with Crippen molar-refractivity contribution in [3.8, 4) is 0 Å². The second-order valence-corrected chi connectivity index (χ2v) is 6.52. The van der Waals surface area contributed by atoms with Gasteiger partial charge in [-0.25, -0.2) is 4.98 Å². The van der Waals surface area contributed by atoms with Crippen molar-refractivity contribution in [2.75, 3.05) is 23.8 Å². The topological polar surface area (TPSA) is 117 Å². The number of likely N-dealkylation sites (N-methyl/N-ethyl adjacent to an activating group) is 1. The van der Waals surface area contributed by atoms with Crippen molar-refractivity contribution in [2.45, 2.75) is 19.5 Å². The number of aliphatic hydroxyl groups excluding tert-OH is 1. The van der Waals surface area contributed by atoms with E-state index in [1.807, 2.05) is 37.3 Å². The molecule has 152 valence electrons. The third kappa shape index (κ3) is 5.43.